The first-order chi connectivity index (χ1) is 36.9. The zero-order chi connectivity index (χ0) is 56.8. The van der Waals surface area contributed by atoms with Crippen molar-refractivity contribution < 1.29 is 113 Å². The van der Waals surface area contributed by atoms with Crippen molar-refractivity contribution in [2.75, 3.05) is 26.4 Å². The van der Waals surface area contributed by atoms with E-state index < -0.39 is 150 Å². The van der Waals surface area contributed by atoms with Crippen LogP contribution in [0.25, 0.3) is 0 Å². The van der Waals surface area contributed by atoms with E-state index in [4.69, 9.17) is 37.5 Å². The molecule has 77 heavy (non-hydrogen) atoms. The van der Waals surface area contributed by atoms with Crippen LogP contribution < -0.4 is 0 Å². The van der Waals surface area contributed by atoms with Gasteiger partial charge in [0.25, 0.3) is 0 Å². The molecule has 2 aliphatic heterocycles. The SMILES string of the molecule is CCCCCCCCC/C=C\CCCCCC(=O)OCC(COP(=O)(O)OC1C(OC2OC(CO)C(O)C(O)C2O)C(O)C(O)C(O)C1OC1OC(CO)C(O)C(O)C1O)OC(=O)CCCCCCCCCCCCCC. The first-order valence-electron chi connectivity index (χ1n) is 28.5. The minimum Gasteiger partial charge on any atom is -0.462 e. The summed E-state index contributed by atoms with van der Waals surface area (Å²) in [7, 11) is -5.63. The van der Waals surface area contributed by atoms with Crippen LogP contribution in [0.2, 0.25) is 0 Å². The number of phosphoric acid groups is 1. The van der Waals surface area contributed by atoms with Gasteiger partial charge in [0.05, 0.1) is 19.8 Å². The van der Waals surface area contributed by atoms with Gasteiger partial charge in [-0.25, -0.2) is 4.57 Å². The Morgan fingerprint density at radius 2 is 0.857 bits per heavy atom. The van der Waals surface area contributed by atoms with Crippen molar-refractivity contribution in [3.63, 3.8) is 0 Å². The van der Waals surface area contributed by atoms with Gasteiger partial charge in [-0.2, -0.15) is 0 Å². The number of carbonyl (C=O) groups is 2. The summed E-state index contributed by atoms with van der Waals surface area (Å²) < 4.78 is 58.0. The van der Waals surface area contributed by atoms with Gasteiger partial charge in [-0.05, 0) is 38.5 Å². The lowest BCUT2D eigenvalue weighted by Gasteiger charge is -2.49. The molecule has 1 saturated carbocycles. The lowest BCUT2D eigenvalue weighted by Crippen LogP contribution is -2.69. The molecule has 0 spiro atoms. The Bertz CT molecular complexity index is 1590. The average Bonchev–Trinajstić information content (AvgIpc) is 3.41. The summed E-state index contributed by atoms with van der Waals surface area (Å²) in [6.07, 6.45) is -5.00. The van der Waals surface area contributed by atoms with Crippen LogP contribution in [-0.4, -0.2) is 204 Å². The molecule has 23 nitrogen and oxygen atoms in total. The van der Waals surface area contributed by atoms with E-state index in [2.05, 4.69) is 26.0 Å². The number of aliphatic hydroxyl groups is 11. The Balaban J connectivity index is 1.73. The number of unbranched alkanes of at least 4 members (excludes halogenated alkanes) is 21. The third kappa shape index (κ3) is 25.1. The molecule has 0 aromatic carbocycles. The normalized spacial score (nSPS) is 32.0. The van der Waals surface area contributed by atoms with Gasteiger partial charge in [-0.1, -0.05) is 142 Å². The molecule has 0 aromatic heterocycles. The summed E-state index contributed by atoms with van der Waals surface area (Å²) in [5.41, 5.74) is 0. The first kappa shape index (κ1) is 69.5. The molecule has 3 aliphatic rings. The number of aliphatic hydroxyl groups excluding tert-OH is 11. The third-order valence-electron chi connectivity index (χ3n) is 14.3. The topological polar surface area (TPSA) is 368 Å². The fourth-order valence-corrected chi connectivity index (χ4v) is 10.5. The van der Waals surface area contributed by atoms with Crippen LogP contribution in [0.4, 0.5) is 0 Å². The number of allylic oxidation sites excluding steroid dienone is 2. The Kier molecular flexibility index (Phi) is 35.0. The van der Waals surface area contributed by atoms with Crippen molar-refractivity contribution in [2.24, 2.45) is 0 Å². The van der Waals surface area contributed by atoms with Crippen LogP contribution in [0.5, 0.6) is 0 Å². The molecule has 0 aromatic rings. The number of carbonyl (C=O) groups excluding carboxylic acids is 2. The molecule has 2 heterocycles. The van der Waals surface area contributed by atoms with Crippen molar-refractivity contribution in [3.05, 3.63) is 12.2 Å². The van der Waals surface area contributed by atoms with Crippen LogP contribution in [-0.2, 0) is 51.6 Å². The highest BCUT2D eigenvalue weighted by atomic mass is 31.2. The van der Waals surface area contributed by atoms with E-state index in [9.17, 15) is 75.2 Å². The molecule has 3 fully saturated rings. The molecule has 0 radical (unpaired) electrons. The molecular weight excluding hydrogens is 1040 g/mol. The van der Waals surface area contributed by atoms with Crippen LogP contribution in [0.1, 0.15) is 181 Å². The Morgan fingerprint density at radius 3 is 1.29 bits per heavy atom. The lowest BCUT2D eigenvalue weighted by molar-refractivity contribution is -0.360. The van der Waals surface area contributed by atoms with E-state index in [1.165, 1.54) is 77.0 Å². The fraction of sp³-hybridized carbons (Fsp3) is 0.925. The van der Waals surface area contributed by atoms with Gasteiger partial charge in [-0.15, -0.1) is 0 Å². The van der Waals surface area contributed by atoms with Gasteiger partial charge in [0.1, 0.15) is 92.1 Å². The molecule has 24 heteroatoms. The monoisotopic (exact) mass is 1130 g/mol. The van der Waals surface area contributed by atoms with Crippen LogP contribution in [0, 0.1) is 0 Å². The molecule has 3 rings (SSSR count). The van der Waals surface area contributed by atoms with E-state index in [0.717, 1.165) is 64.2 Å². The minimum absolute atomic E-state index is 0.0310. The van der Waals surface area contributed by atoms with E-state index in [1.807, 2.05) is 0 Å². The molecule has 16 unspecified atom stereocenters. The first-order valence-corrected chi connectivity index (χ1v) is 30.0. The summed E-state index contributed by atoms with van der Waals surface area (Å²) in [4.78, 5) is 37.4. The largest absolute Gasteiger partial charge is 0.472 e. The second-order valence-corrected chi connectivity index (χ2v) is 22.2. The van der Waals surface area contributed by atoms with E-state index in [1.54, 1.807) is 0 Å². The summed E-state index contributed by atoms with van der Waals surface area (Å²) in [6.45, 7) is 0.971. The number of ether oxygens (including phenoxy) is 6. The maximum atomic E-state index is 14.0. The Morgan fingerprint density at radius 1 is 0.481 bits per heavy atom. The molecule has 0 bridgehead atoms. The molecule has 1 aliphatic carbocycles. The van der Waals surface area contributed by atoms with Gasteiger partial charge in [0.15, 0.2) is 18.7 Å². The zero-order valence-corrected chi connectivity index (χ0v) is 46.4. The maximum Gasteiger partial charge on any atom is 0.472 e. The lowest BCUT2D eigenvalue weighted by atomic mass is 9.84. The van der Waals surface area contributed by atoms with Crippen molar-refractivity contribution >= 4 is 19.8 Å². The summed E-state index contributed by atoms with van der Waals surface area (Å²) in [5, 5.41) is 116. The van der Waals surface area contributed by atoms with E-state index in [0.29, 0.717) is 12.8 Å². The van der Waals surface area contributed by atoms with E-state index >= 15 is 0 Å². The number of phosphoric ester groups is 1. The number of hydrogen-bond donors (Lipinski definition) is 12. The molecule has 16 atom stereocenters. The summed E-state index contributed by atoms with van der Waals surface area (Å²) in [5.74, 6) is -1.35. The van der Waals surface area contributed by atoms with Gasteiger partial charge in [-0.3, -0.25) is 18.6 Å². The highest BCUT2D eigenvalue weighted by molar-refractivity contribution is 7.47. The van der Waals surface area contributed by atoms with Crippen molar-refractivity contribution in [1.82, 2.24) is 0 Å². The second kappa shape index (κ2) is 38.8. The van der Waals surface area contributed by atoms with Crippen molar-refractivity contribution in [1.29, 1.82) is 0 Å². The third-order valence-corrected chi connectivity index (χ3v) is 15.3. The van der Waals surface area contributed by atoms with Gasteiger partial charge >= 0.3 is 19.8 Å². The Hall–Kier alpha value is -1.81. The molecule has 12 N–H and O–H groups in total. The van der Waals surface area contributed by atoms with Gasteiger partial charge in [0, 0.05) is 12.8 Å². The molecular formula is C53H97O23P. The number of hydrogen-bond acceptors (Lipinski definition) is 22. The van der Waals surface area contributed by atoms with Crippen LogP contribution in [0.3, 0.4) is 0 Å². The molecule has 0 amide bonds. The smallest absolute Gasteiger partial charge is 0.462 e. The fourth-order valence-electron chi connectivity index (χ4n) is 9.53. The predicted molar refractivity (Wildman–Crippen MR) is 277 cm³/mol. The maximum absolute atomic E-state index is 14.0. The quantitative estimate of drug-likeness (QED) is 0.0181. The predicted octanol–water partition coefficient (Wildman–Crippen LogP) is 3.15. The summed E-state index contributed by atoms with van der Waals surface area (Å²) in [6, 6.07) is 0. The van der Waals surface area contributed by atoms with E-state index in [-0.39, 0.29) is 12.8 Å². The van der Waals surface area contributed by atoms with Crippen LogP contribution in [0.15, 0.2) is 12.2 Å². The Labute approximate surface area is 454 Å². The highest BCUT2D eigenvalue weighted by Gasteiger charge is 2.58. The number of esters is 2. The zero-order valence-electron chi connectivity index (χ0n) is 45.5. The van der Waals surface area contributed by atoms with Crippen molar-refractivity contribution in [3.8, 4) is 0 Å². The summed E-state index contributed by atoms with van der Waals surface area (Å²) >= 11 is 0. The number of rotatable bonds is 41. The van der Waals surface area contributed by atoms with Gasteiger partial charge in [0.2, 0.25) is 0 Å². The van der Waals surface area contributed by atoms with Crippen LogP contribution >= 0.6 is 7.82 Å². The standard InChI is InChI=1S/C53H97O23P/c1-3-5-7-9-11-13-15-17-18-20-21-23-25-27-29-38(56)69-33-35(71-39(57)30-28-26-24-22-19-16-14-12-10-8-6-4-2)34-70-77(67,68)76-51-49(74-52-47(65)42(60)40(58)36(31-54)72-52)45(63)44(62)46(64)50(51)75-53-48(66)43(61)41(59)37(32-55)73-53/h18,20,35-37,40-55,58-66H,3-17,19,21-34H2,1-2H3,(H,67,68)/b20-18-. The average molecular weight is 1130 g/mol. The van der Waals surface area contributed by atoms with Gasteiger partial charge < -0.3 is 89.5 Å². The molecule has 2 saturated heterocycles. The van der Waals surface area contributed by atoms with Crippen molar-refractivity contribution in [2.45, 2.75) is 285 Å². The highest BCUT2D eigenvalue weighted by Crippen LogP contribution is 2.49. The second-order valence-electron chi connectivity index (χ2n) is 20.8. The minimum atomic E-state index is -5.63. The molecule has 452 valence electrons.